The third kappa shape index (κ3) is 3.22. The van der Waals surface area contributed by atoms with Gasteiger partial charge in [-0.15, -0.1) is 0 Å². The van der Waals surface area contributed by atoms with Gasteiger partial charge in [0, 0.05) is 18.4 Å². The number of aliphatic hydroxyl groups excluding tert-OH is 2. The lowest BCUT2D eigenvalue weighted by Crippen LogP contribution is -2.67. The van der Waals surface area contributed by atoms with Crippen molar-refractivity contribution >= 4 is 0 Å². The molecule has 0 unspecified atom stereocenters. The van der Waals surface area contributed by atoms with Crippen LogP contribution >= 0.6 is 0 Å². The van der Waals surface area contributed by atoms with Gasteiger partial charge in [0.25, 0.3) is 0 Å². The number of hydrogen-bond acceptors (Lipinski definition) is 6. The zero-order valence-corrected chi connectivity index (χ0v) is 12.1. The highest BCUT2D eigenvalue weighted by Crippen LogP contribution is 2.33. The highest BCUT2D eigenvalue weighted by atomic mass is 16.7. The molecule has 1 aliphatic rings. The van der Waals surface area contributed by atoms with Gasteiger partial charge in [-0.1, -0.05) is 35.4 Å². The number of rotatable bonds is 5. The van der Waals surface area contributed by atoms with E-state index in [2.05, 4.69) is 10.0 Å². The molecule has 8 heteroatoms. The third-order valence-electron chi connectivity index (χ3n) is 3.79. The second-order valence-corrected chi connectivity index (χ2v) is 5.24. The molecule has 5 atom stereocenters. The van der Waals surface area contributed by atoms with Crippen LogP contribution in [0.25, 0.3) is 10.4 Å². The van der Waals surface area contributed by atoms with E-state index in [9.17, 15) is 15.3 Å². The van der Waals surface area contributed by atoms with Crippen molar-refractivity contribution in [3.8, 4) is 0 Å². The summed E-state index contributed by atoms with van der Waals surface area (Å²) >= 11 is 0. The summed E-state index contributed by atoms with van der Waals surface area (Å²) in [5.41, 5.74) is 7.29. The van der Waals surface area contributed by atoms with Gasteiger partial charge in [-0.2, -0.15) is 0 Å². The van der Waals surface area contributed by atoms with Gasteiger partial charge in [-0.3, -0.25) is 0 Å². The fourth-order valence-corrected chi connectivity index (χ4v) is 2.63. The molecule has 0 spiro atoms. The van der Waals surface area contributed by atoms with E-state index in [-0.39, 0.29) is 13.0 Å². The largest absolute Gasteiger partial charge is 0.388 e. The standard InChI is InChI=1S/C14H19N3O5/c1-21-13-14(20,7-9-5-3-2-4-6-9)12(19)11(18)10(22-13)8-16-17-15/h2-6,10-13,18-20H,7-8H2,1H3/t10-,11-,12+,13+,14+/m1/s1. The van der Waals surface area contributed by atoms with Crippen LogP contribution in [0.5, 0.6) is 0 Å². The monoisotopic (exact) mass is 309 g/mol. The van der Waals surface area contributed by atoms with E-state index in [1.165, 1.54) is 7.11 Å². The number of ether oxygens (including phenoxy) is 2. The lowest BCUT2D eigenvalue weighted by Gasteiger charge is -2.47. The maximum Gasteiger partial charge on any atom is 0.189 e. The van der Waals surface area contributed by atoms with Crippen molar-refractivity contribution < 1.29 is 24.8 Å². The Labute approximate surface area is 127 Å². The second kappa shape index (κ2) is 7.06. The van der Waals surface area contributed by atoms with E-state index >= 15 is 0 Å². The molecule has 0 amide bonds. The van der Waals surface area contributed by atoms with Crippen LogP contribution < -0.4 is 0 Å². The summed E-state index contributed by atoms with van der Waals surface area (Å²) in [6.45, 7) is -0.171. The number of azide groups is 1. The van der Waals surface area contributed by atoms with Gasteiger partial charge < -0.3 is 24.8 Å². The van der Waals surface area contributed by atoms with Crippen molar-refractivity contribution in [1.29, 1.82) is 0 Å². The van der Waals surface area contributed by atoms with Crippen LogP contribution in [0.4, 0.5) is 0 Å². The highest BCUT2D eigenvalue weighted by molar-refractivity contribution is 5.19. The minimum absolute atomic E-state index is 0.0405. The lowest BCUT2D eigenvalue weighted by molar-refractivity contribution is -0.330. The van der Waals surface area contributed by atoms with Gasteiger partial charge in [-0.05, 0) is 11.1 Å². The molecular formula is C14H19N3O5. The quantitative estimate of drug-likeness (QED) is 0.411. The smallest absolute Gasteiger partial charge is 0.189 e. The number of aliphatic hydroxyl groups is 3. The molecule has 8 nitrogen and oxygen atoms in total. The van der Waals surface area contributed by atoms with Gasteiger partial charge in [0.2, 0.25) is 0 Å². The van der Waals surface area contributed by atoms with Crippen molar-refractivity contribution in [3.63, 3.8) is 0 Å². The molecule has 1 aliphatic heterocycles. The van der Waals surface area contributed by atoms with Gasteiger partial charge in [0.1, 0.15) is 17.8 Å². The van der Waals surface area contributed by atoms with Crippen LogP contribution in [0, 0.1) is 0 Å². The SMILES string of the molecule is CO[C@H]1O[C@H](CN=[N+]=[N-])[C@@H](O)[C@H](O)[C@@]1(O)Cc1ccccc1. The number of methoxy groups -OCH3 is 1. The minimum Gasteiger partial charge on any atom is -0.388 e. The van der Waals surface area contributed by atoms with E-state index in [4.69, 9.17) is 15.0 Å². The fraction of sp³-hybridized carbons (Fsp3) is 0.571. The first-order valence-corrected chi connectivity index (χ1v) is 6.84. The molecule has 0 saturated carbocycles. The summed E-state index contributed by atoms with van der Waals surface area (Å²) in [5.74, 6) is 0. The lowest BCUT2D eigenvalue weighted by atomic mass is 9.81. The van der Waals surface area contributed by atoms with Gasteiger partial charge in [-0.25, -0.2) is 0 Å². The minimum atomic E-state index is -1.82. The van der Waals surface area contributed by atoms with Crippen molar-refractivity contribution in [1.82, 2.24) is 0 Å². The Balaban J connectivity index is 2.24. The van der Waals surface area contributed by atoms with Crippen molar-refractivity contribution in [2.24, 2.45) is 5.11 Å². The first-order chi connectivity index (χ1) is 10.5. The molecule has 0 aliphatic carbocycles. The fourth-order valence-electron chi connectivity index (χ4n) is 2.63. The molecule has 120 valence electrons. The normalized spacial score (nSPS) is 34.9. The molecule has 0 aromatic heterocycles. The van der Waals surface area contributed by atoms with E-state index < -0.39 is 30.2 Å². The zero-order chi connectivity index (χ0) is 16.2. The Morgan fingerprint density at radius 2 is 2.05 bits per heavy atom. The van der Waals surface area contributed by atoms with Crippen molar-refractivity contribution in [2.45, 2.75) is 36.6 Å². The van der Waals surface area contributed by atoms with E-state index in [0.29, 0.717) is 0 Å². The Morgan fingerprint density at radius 3 is 2.64 bits per heavy atom. The van der Waals surface area contributed by atoms with Gasteiger partial charge >= 0.3 is 0 Å². The van der Waals surface area contributed by atoms with Gasteiger partial charge in [0.05, 0.1) is 12.6 Å². The Kier molecular flexibility index (Phi) is 5.36. The Hall–Kier alpha value is -1.67. The molecule has 1 aromatic carbocycles. The summed E-state index contributed by atoms with van der Waals surface area (Å²) < 4.78 is 10.6. The van der Waals surface area contributed by atoms with Crippen molar-refractivity contribution in [2.75, 3.05) is 13.7 Å². The number of hydrogen-bond donors (Lipinski definition) is 3. The molecular weight excluding hydrogens is 290 g/mol. The average Bonchev–Trinajstić information content (AvgIpc) is 2.53. The number of nitrogens with zero attached hydrogens (tertiary/aromatic N) is 3. The third-order valence-corrected chi connectivity index (χ3v) is 3.79. The van der Waals surface area contributed by atoms with E-state index in [1.807, 2.05) is 6.07 Å². The molecule has 0 radical (unpaired) electrons. The molecule has 1 heterocycles. The topological polar surface area (TPSA) is 128 Å². The van der Waals surface area contributed by atoms with Crippen LogP contribution in [0.1, 0.15) is 5.56 Å². The maximum atomic E-state index is 10.8. The first kappa shape index (κ1) is 16.7. The van der Waals surface area contributed by atoms with Crippen LogP contribution in [0.3, 0.4) is 0 Å². The average molecular weight is 309 g/mol. The Morgan fingerprint density at radius 1 is 1.36 bits per heavy atom. The molecule has 1 saturated heterocycles. The van der Waals surface area contributed by atoms with Crippen LogP contribution in [-0.2, 0) is 15.9 Å². The molecule has 3 N–H and O–H groups in total. The summed E-state index contributed by atoms with van der Waals surface area (Å²) in [6, 6.07) is 9.01. The molecule has 1 fully saturated rings. The molecule has 0 bridgehead atoms. The Bertz CT molecular complexity index is 533. The zero-order valence-electron chi connectivity index (χ0n) is 12.1. The predicted molar refractivity (Wildman–Crippen MR) is 76.8 cm³/mol. The highest BCUT2D eigenvalue weighted by Gasteiger charge is 2.54. The number of benzene rings is 1. The van der Waals surface area contributed by atoms with Crippen LogP contribution in [-0.4, -0.2) is 59.2 Å². The summed E-state index contributed by atoms with van der Waals surface area (Å²) in [7, 11) is 1.33. The van der Waals surface area contributed by atoms with E-state index in [0.717, 1.165) is 5.56 Å². The summed E-state index contributed by atoms with van der Waals surface area (Å²) in [4.78, 5) is 2.59. The molecule has 22 heavy (non-hydrogen) atoms. The molecule has 1 aromatic rings. The predicted octanol–water partition coefficient (Wildman–Crippen LogP) is 0.364. The molecule has 2 rings (SSSR count). The summed E-state index contributed by atoms with van der Waals surface area (Å²) in [5, 5.41) is 34.6. The second-order valence-electron chi connectivity index (χ2n) is 5.24. The summed E-state index contributed by atoms with van der Waals surface area (Å²) in [6.07, 6.45) is -4.98. The maximum absolute atomic E-state index is 10.8. The van der Waals surface area contributed by atoms with E-state index in [1.54, 1.807) is 24.3 Å². The van der Waals surface area contributed by atoms with Crippen LogP contribution in [0.2, 0.25) is 0 Å². The van der Waals surface area contributed by atoms with Gasteiger partial charge in [0.15, 0.2) is 6.29 Å². The van der Waals surface area contributed by atoms with Crippen LogP contribution in [0.15, 0.2) is 35.4 Å². The first-order valence-electron chi connectivity index (χ1n) is 6.84. The van der Waals surface area contributed by atoms with Crippen molar-refractivity contribution in [3.05, 3.63) is 46.3 Å².